The zero-order valence-corrected chi connectivity index (χ0v) is 13.4. The number of carbonyl (C=O) groups excluding carboxylic acids is 2. The molecule has 0 bridgehead atoms. The first kappa shape index (κ1) is 17.4. The molecule has 23 heavy (non-hydrogen) atoms. The van der Waals surface area contributed by atoms with Crippen molar-refractivity contribution in [3.8, 4) is 0 Å². The molecule has 0 unspecified atom stereocenters. The van der Waals surface area contributed by atoms with Crippen LogP contribution in [0, 0.1) is 11.7 Å². The lowest BCUT2D eigenvalue weighted by Crippen LogP contribution is -2.41. The lowest BCUT2D eigenvalue weighted by Gasteiger charge is -2.22. The van der Waals surface area contributed by atoms with Crippen LogP contribution in [0.25, 0.3) is 0 Å². The van der Waals surface area contributed by atoms with E-state index >= 15 is 0 Å². The van der Waals surface area contributed by atoms with Crippen molar-refractivity contribution in [1.82, 2.24) is 9.21 Å². The fourth-order valence-corrected chi connectivity index (χ4v) is 3.32. The summed E-state index contributed by atoms with van der Waals surface area (Å²) in [6, 6.07) is 5.50. The van der Waals surface area contributed by atoms with Gasteiger partial charge in [0, 0.05) is 26.2 Å². The maximum Gasteiger partial charge on any atom is 0.256 e. The van der Waals surface area contributed by atoms with Crippen molar-refractivity contribution in [3.05, 3.63) is 35.6 Å². The van der Waals surface area contributed by atoms with E-state index in [9.17, 15) is 22.4 Å². The molecule has 7 nitrogen and oxygen atoms in total. The molecule has 126 valence electrons. The Hall–Kier alpha value is -2.00. The Bertz CT molecular complexity index is 722. The zero-order chi connectivity index (χ0) is 17.2. The molecule has 0 aromatic heterocycles. The van der Waals surface area contributed by atoms with Crippen LogP contribution in [0.1, 0.15) is 10.4 Å². The fraction of sp³-hybridized carbons (Fsp3) is 0.429. The van der Waals surface area contributed by atoms with Crippen molar-refractivity contribution in [1.29, 1.82) is 0 Å². The van der Waals surface area contributed by atoms with Crippen molar-refractivity contribution in [2.75, 3.05) is 32.4 Å². The molecule has 0 radical (unpaired) electrons. The van der Waals surface area contributed by atoms with Crippen LogP contribution in [0.4, 0.5) is 4.39 Å². The van der Waals surface area contributed by atoms with Gasteiger partial charge in [-0.15, -0.1) is 0 Å². The molecular formula is C14H18FN3O4S. The van der Waals surface area contributed by atoms with Crippen LogP contribution >= 0.6 is 0 Å². The average Bonchev–Trinajstić information content (AvgIpc) is 2.70. The standard InChI is InChI=1S/C14H18FN3O4S/c1-23(21,22)18-7-6-17(8-10(9-18)13(16)19)14(20)11-4-2-3-5-12(11)15/h2-5,10H,6-9H2,1H3,(H2,16,19)/t10-/m0/s1. The van der Waals surface area contributed by atoms with Gasteiger partial charge in [0.15, 0.2) is 0 Å². The van der Waals surface area contributed by atoms with E-state index in [1.807, 2.05) is 0 Å². The highest BCUT2D eigenvalue weighted by Crippen LogP contribution is 2.16. The monoisotopic (exact) mass is 343 g/mol. The normalized spacial score (nSPS) is 20.1. The Balaban J connectivity index is 2.28. The number of primary amides is 1. The van der Waals surface area contributed by atoms with Gasteiger partial charge in [-0.2, -0.15) is 4.31 Å². The number of benzene rings is 1. The van der Waals surface area contributed by atoms with Gasteiger partial charge in [-0.1, -0.05) is 12.1 Å². The van der Waals surface area contributed by atoms with E-state index in [0.717, 1.165) is 10.6 Å². The molecule has 1 aromatic rings. The summed E-state index contributed by atoms with van der Waals surface area (Å²) < 4.78 is 38.3. The van der Waals surface area contributed by atoms with Gasteiger partial charge in [0.05, 0.1) is 17.7 Å². The van der Waals surface area contributed by atoms with Gasteiger partial charge in [-0.25, -0.2) is 12.8 Å². The topological polar surface area (TPSA) is 101 Å². The van der Waals surface area contributed by atoms with E-state index in [1.54, 1.807) is 0 Å². The molecule has 1 aliphatic rings. The fourth-order valence-electron chi connectivity index (χ4n) is 2.46. The van der Waals surface area contributed by atoms with Crippen molar-refractivity contribution in [2.45, 2.75) is 0 Å². The predicted molar refractivity (Wildman–Crippen MR) is 81.4 cm³/mol. The summed E-state index contributed by atoms with van der Waals surface area (Å²) in [4.78, 5) is 25.3. The van der Waals surface area contributed by atoms with Crippen LogP contribution in [0.5, 0.6) is 0 Å². The van der Waals surface area contributed by atoms with Gasteiger partial charge in [0.1, 0.15) is 5.82 Å². The Labute approximate surface area is 133 Å². The summed E-state index contributed by atoms with van der Waals surface area (Å²) in [6.07, 6.45) is 1.03. The van der Waals surface area contributed by atoms with Crippen molar-refractivity contribution < 1.29 is 22.4 Å². The minimum Gasteiger partial charge on any atom is -0.369 e. The van der Waals surface area contributed by atoms with E-state index in [4.69, 9.17) is 5.73 Å². The maximum atomic E-state index is 13.8. The molecule has 2 amide bonds. The first-order valence-corrected chi connectivity index (χ1v) is 8.83. The molecule has 2 N–H and O–H groups in total. The summed E-state index contributed by atoms with van der Waals surface area (Å²) in [6.45, 7) is -0.0451. The Morgan fingerprint density at radius 3 is 2.43 bits per heavy atom. The second-order valence-electron chi connectivity index (χ2n) is 5.45. The number of rotatable bonds is 3. The third kappa shape index (κ3) is 4.05. The third-order valence-corrected chi connectivity index (χ3v) is 5.02. The van der Waals surface area contributed by atoms with E-state index in [2.05, 4.69) is 0 Å². The Morgan fingerprint density at radius 1 is 1.22 bits per heavy atom. The number of hydrogen-bond donors (Lipinski definition) is 1. The van der Waals surface area contributed by atoms with Crippen molar-refractivity contribution in [2.24, 2.45) is 11.7 Å². The molecule has 0 saturated carbocycles. The van der Waals surface area contributed by atoms with Crippen LogP contribution in [0.15, 0.2) is 24.3 Å². The van der Waals surface area contributed by atoms with E-state index in [0.29, 0.717) is 0 Å². The molecule has 2 rings (SSSR count). The number of nitrogens with zero attached hydrogens (tertiary/aromatic N) is 2. The molecule has 1 atom stereocenters. The number of amides is 2. The van der Waals surface area contributed by atoms with Crippen LogP contribution < -0.4 is 5.73 Å². The van der Waals surface area contributed by atoms with Gasteiger partial charge in [-0.05, 0) is 12.1 Å². The van der Waals surface area contributed by atoms with E-state index in [-0.39, 0.29) is 31.7 Å². The van der Waals surface area contributed by atoms with Crippen LogP contribution in [-0.2, 0) is 14.8 Å². The minimum absolute atomic E-state index is 0.0306. The Kier molecular flexibility index (Phi) is 5.00. The van der Waals surface area contributed by atoms with Gasteiger partial charge in [0.2, 0.25) is 15.9 Å². The highest BCUT2D eigenvalue weighted by atomic mass is 32.2. The molecular weight excluding hydrogens is 325 g/mol. The van der Waals surface area contributed by atoms with Gasteiger partial charge < -0.3 is 10.6 Å². The third-order valence-electron chi connectivity index (χ3n) is 3.75. The predicted octanol–water partition coefficient (Wildman–Crippen LogP) is -0.355. The number of nitrogens with two attached hydrogens (primary N) is 1. The first-order valence-electron chi connectivity index (χ1n) is 6.98. The quantitative estimate of drug-likeness (QED) is 0.810. The van der Waals surface area contributed by atoms with Crippen LogP contribution in [-0.4, -0.2) is 61.9 Å². The SMILES string of the molecule is CS(=O)(=O)N1CCN(C(=O)c2ccccc2F)C[C@H](C(N)=O)C1. The smallest absolute Gasteiger partial charge is 0.256 e. The molecule has 1 saturated heterocycles. The molecule has 0 spiro atoms. The lowest BCUT2D eigenvalue weighted by molar-refractivity contribution is -0.122. The summed E-state index contributed by atoms with van der Waals surface area (Å²) in [5, 5.41) is 0. The highest BCUT2D eigenvalue weighted by Gasteiger charge is 2.33. The first-order chi connectivity index (χ1) is 10.7. The molecule has 0 aliphatic carbocycles. The van der Waals surface area contributed by atoms with E-state index in [1.165, 1.54) is 29.2 Å². The largest absolute Gasteiger partial charge is 0.369 e. The van der Waals surface area contributed by atoms with Gasteiger partial charge in [-0.3, -0.25) is 9.59 Å². The second-order valence-corrected chi connectivity index (χ2v) is 7.43. The molecule has 1 aliphatic heterocycles. The second kappa shape index (κ2) is 6.63. The lowest BCUT2D eigenvalue weighted by atomic mass is 10.1. The number of sulfonamides is 1. The maximum absolute atomic E-state index is 13.8. The summed E-state index contributed by atoms with van der Waals surface area (Å²) in [5.41, 5.74) is 5.18. The summed E-state index contributed by atoms with van der Waals surface area (Å²) in [5.74, 6) is -2.81. The van der Waals surface area contributed by atoms with Crippen molar-refractivity contribution in [3.63, 3.8) is 0 Å². The zero-order valence-electron chi connectivity index (χ0n) is 12.6. The van der Waals surface area contributed by atoms with E-state index < -0.39 is 33.6 Å². The van der Waals surface area contributed by atoms with Gasteiger partial charge in [0.25, 0.3) is 5.91 Å². The molecule has 1 fully saturated rings. The van der Waals surface area contributed by atoms with Crippen LogP contribution in [0.2, 0.25) is 0 Å². The summed E-state index contributed by atoms with van der Waals surface area (Å²) >= 11 is 0. The Morgan fingerprint density at radius 2 is 1.87 bits per heavy atom. The van der Waals surface area contributed by atoms with Crippen molar-refractivity contribution >= 4 is 21.8 Å². The number of hydrogen-bond acceptors (Lipinski definition) is 4. The minimum atomic E-state index is -3.52. The molecule has 1 heterocycles. The number of carbonyl (C=O) groups is 2. The number of halogens is 1. The van der Waals surface area contributed by atoms with Crippen LogP contribution in [0.3, 0.4) is 0 Å². The van der Waals surface area contributed by atoms with Gasteiger partial charge >= 0.3 is 0 Å². The molecule has 9 heteroatoms. The average molecular weight is 343 g/mol. The summed E-state index contributed by atoms with van der Waals surface area (Å²) in [7, 11) is -3.52. The highest BCUT2D eigenvalue weighted by molar-refractivity contribution is 7.88. The molecule has 1 aromatic carbocycles.